The monoisotopic (exact) mass is 485 g/mol. The fraction of sp³-hybridized carbons (Fsp3) is 0.172. The summed E-state index contributed by atoms with van der Waals surface area (Å²) in [4.78, 5) is 0. The average molecular weight is 486 g/mol. The first kappa shape index (κ1) is 22.5. The zero-order valence-corrected chi connectivity index (χ0v) is 19.7. The van der Waals surface area contributed by atoms with Crippen molar-refractivity contribution in [1.82, 2.24) is 5.32 Å². The van der Waals surface area contributed by atoms with E-state index in [1.54, 1.807) is 0 Å². The van der Waals surface area contributed by atoms with Gasteiger partial charge in [0.15, 0.2) is 0 Å². The van der Waals surface area contributed by atoms with E-state index >= 15 is 0 Å². The SMILES string of the molecule is C[C@H](O)[C@@H](c1cccc(Br)c1)[C@H](NC(c1ccccc1)c1ccccc1)c1ccccc1. The zero-order chi connectivity index (χ0) is 22.3. The van der Waals surface area contributed by atoms with Gasteiger partial charge in [-0.15, -0.1) is 0 Å². The normalized spacial score (nSPS) is 14.1. The molecule has 0 spiro atoms. The van der Waals surface area contributed by atoms with Gasteiger partial charge in [-0.2, -0.15) is 0 Å². The summed E-state index contributed by atoms with van der Waals surface area (Å²) >= 11 is 3.61. The van der Waals surface area contributed by atoms with E-state index in [-0.39, 0.29) is 18.0 Å². The van der Waals surface area contributed by atoms with Crippen molar-refractivity contribution >= 4 is 15.9 Å². The van der Waals surface area contributed by atoms with Crippen molar-refractivity contribution in [1.29, 1.82) is 0 Å². The lowest BCUT2D eigenvalue weighted by Crippen LogP contribution is -2.35. The summed E-state index contributed by atoms with van der Waals surface area (Å²) in [5, 5.41) is 14.9. The Labute approximate surface area is 199 Å². The lowest BCUT2D eigenvalue weighted by Gasteiger charge is -2.35. The van der Waals surface area contributed by atoms with Crippen LogP contribution in [-0.4, -0.2) is 11.2 Å². The number of aliphatic hydroxyl groups excluding tert-OH is 1. The second kappa shape index (κ2) is 10.7. The zero-order valence-electron chi connectivity index (χ0n) is 18.1. The number of aliphatic hydroxyl groups is 1. The van der Waals surface area contributed by atoms with E-state index in [0.717, 1.165) is 15.6 Å². The Morgan fingerprint density at radius 3 is 1.56 bits per heavy atom. The fourth-order valence-electron chi connectivity index (χ4n) is 4.39. The molecule has 3 heteroatoms. The van der Waals surface area contributed by atoms with Crippen LogP contribution in [0.2, 0.25) is 0 Å². The lowest BCUT2D eigenvalue weighted by atomic mass is 9.82. The Balaban J connectivity index is 1.82. The van der Waals surface area contributed by atoms with E-state index in [4.69, 9.17) is 0 Å². The molecule has 3 atom stereocenters. The molecule has 0 bridgehead atoms. The summed E-state index contributed by atoms with van der Waals surface area (Å²) < 4.78 is 1.01. The van der Waals surface area contributed by atoms with Crippen LogP contribution in [0.25, 0.3) is 0 Å². The van der Waals surface area contributed by atoms with Crippen LogP contribution >= 0.6 is 15.9 Å². The largest absolute Gasteiger partial charge is 0.393 e. The highest BCUT2D eigenvalue weighted by atomic mass is 79.9. The molecular weight excluding hydrogens is 458 g/mol. The number of hydrogen-bond acceptors (Lipinski definition) is 2. The molecule has 0 aliphatic carbocycles. The van der Waals surface area contributed by atoms with Gasteiger partial charge in [0.2, 0.25) is 0 Å². The highest BCUT2D eigenvalue weighted by Gasteiger charge is 2.31. The van der Waals surface area contributed by atoms with Gasteiger partial charge in [-0.3, -0.25) is 5.32 Å². The van der Waals surface area contributed by atoms with E-state index in [1.807, 2.05) is 37.3 Å². The van der Waals surface area contributed by atoms with Gasteiger partial charge in [0, 0.05) is 16.4 Å². The molecule has 2 N–H and O–H groups in total. The van der Waals surface area contributed by atoms with Gasteiger partial charge in [0.25, 0.3) is 0 Å². The minimum Gasteiger partial charge on any atom is -0.393 e. The standard InChI is InChI=1S/C29H28BrNO/c1-21(32)27(25-18-11-19-26(30)20-25)29(24-16-9-4-10-17-24)31-28(22-12-5-2-6-13-22)23-14-7-3-8-15-23/h2-21,27-29,31-32H,1H3/t21-,27-,29+/m0/s1. The van der Waals surface area contributed by atoms with E-state index in [2.05, 4.69) is 106 Å². The molecule has 0 aliphatic rings. The van der Waals surface area contributed by atoms with Gasteiger partial charge in [-0.1, -0.05) is 119 Å². The van der Waals surface area contributed by atoms with Crippen LogP contribution < -0.4 is 5.32 Å². The Kier molecular flexibility index (Phi) is 7.54. The highest BCUT2D eigenvalue weighted by Crippen LogP contribution is 2.38. The molecule has 0 aromatic heterocycles. The van der Waals surface area contributed by atoms with Crippen molar-refractivity contribution in [3.05, 3.63) is 142 Å². The van der Waals surface area contributed by atoms with Crippen LogP contribution in [-0.2, 0) is 0 Å². The Bertz CT molecular complexity index is 1060. The van der Waals surface area contributed by atoms with Crippen LogP contribution in [0.3, 0.4) is 0 Å². The average Bonchev–Trinajstić information content (AvgIpc) is 2.83. The summed E-state index contributed by atoms with van der Waals surface area (Å²) in [6.45, 7) is 1.88. The van der Waals surface area contributed by atoms with Crippen molar-refractivity contribution in [2.75, 3.05) is 0 Å². The van der Waals surface area contributed by atoms with Crippen molar-refractivity contribution < 1.29 is 5.11 Å². The fourth-order valence-corrected chi connectivity index (χ4v) is 4.80. The van der Waals surface area contributed by atoms with Crippen molar-refractivity contribution in [3.8, 4) is 0 Å². The molecule has 0 saturated carbocycles. The number of benzene rings is 4. The lowest BCUT2D eigenvalue weighted by molar-refractivity contribution is 0.138. The summed E-state index contributed by atoms with van der Waals surface area (Å²) in [6, 6.07) is 39.6. The summed E-state index contributed by atoms with van der Waals surface area (Å²) in [5.41, 5.74) is 4.63. The molecule has 32 heavy (non-hydrogen) atoms. The third-order valence-corrected chi connectivity index (χ3v) is 6.38. The van der Waals surface area contributed by atoms with E-state index < -0.39 is 6.10 Å². The first-order chi connectivity index (χ1) is 15.6. The van der Waals surface area contributed by atoms with Crippen molar-refractivity contribution in [2.24, 2.45) is 0 Å². The maximum Gasteiger partial charge on any atom is 0.0598 e. The van der Waals surface area contributed by atoms with Gasteiger partial charge in [-0.25, -0.2) is 0 Å². The predicted octanol–water partition coefficient (Wildman–Crippen LogP) is 7.03. The molecule has 162 valence electrons. The maximum absolute atomic E-state index is 11.0. The predicted molar refractivity (Wildman–Crippen MR) is 136 cm³/mol. The Hall–Kier alpha value is -2.72. The smallest absolute Gasteiger partial charge is 0.0598 e. The first-order valence-corrected chi connectivity index (χ1v) is 11.8. The summed E-state index contributed by atoms with van der Waals surface area (Å²) in [5.74, 6) is -0.134. The number of hydrogen-bond donors (Lipinski definition) is 2. The second-order valence-electron chi connectivity index (χ2n) is 8.13. The molecule has 2 nitrogen and oxygen atoms in total. The summed E-state index contributed by atoms with van der Waals surface area (Å²) in [6.07, 6.45) is -0.547. The molecule has 0 saturated heterocycles. The van der Waals surface area contributed by atoms with Gasteiger partial charge >= 0.3 is 0 Å². The van der Waals surface area contributed by atoms with Crippen LogP contribution in [0.4, 0.5) is 0 Å². The molecule has 0 radical (unpaired) electrons. The third kappa shape index (κ3) is 5.36. The van der Waals surface area contributed by atoms with Gasteiger partial charge < -0.3 is 5.11 Å². The van der Waals surface area contributed by atoms with Gasteiger partial charge in [0.05, 0.1) is 12.1 Å². The molecule has 4 aromatic rings. The maximum atomic E-state index is 11.0. The molecule has 0 unspecified atom stereocenters. The Morgan fingerprint density at radius 1 is 0.625 bits per heavy atom. The number of rotatable bonds is 8. The van der Waals surface area contributed by atoms with Crippen LogP contribution in [0.15, 0.2) is 120 Å². The van der Waals surface area contributed by atoms with E-state index in [1.165, 1.54) is 11.1 Å². The molecule has 0 fully saturated rings. The highest BCUT2D eigenvalue weighted by molar-refractivity contribution is 9.10. The number of nitrogens with one attached hydrogen (secondary N) is 1. The van der Waals surface area contributed by atoms with Gasteiger partial charge in [-0.05, 0) is 41.3 Å². The quantitative estimate of drug-likeness (QED) is 0.280. The topological polar surface area (TPSA) is 32.3 Å². The molecule has 4 aromatic carbocycles. The molecule has 0 heterocycles. The van der Waals surface area contributed by atoms with Crippen LogP contribution in [0.5, 0.6) is 0 Å². The van der Waals surface area contributed by atoms with E-state index in [9.17, 15) is 5.11 Å². The third-order valence-electron chi connectivity index (χ3n) is 5.88. The first-order valence-electron chi connectivity index (χ1n) is 11.0. The molecule has 0 aliphatic heterocycles. The van der Waals surface area contributed by atoms with Gasteiger partial charge in [0.1, 0.15) is 0 Å². The minimum atomic E-state index is -0.547. The van der Waals surface area contributed by atoms with Crippen molar-refractivity contribution in [2.45, 2.75) is 31.0 Å². The Morgan fingerprint density at radius 2 is 1.09 bits per heavy atom. The van der Waals surface area contributed by atoms with Crippen molar-refractivity contribution in [3.63, 3.8) is 0 Å². The molecule has 4 rings (SSSR count). The summed E-state index contributed by atoms with van der Waals surface area (Å²) in [7, 11) is 0. The minimum absolute atomic E-state index is 0.0176. The number of halogens is 1. The van der Waals surface area contributed by atoms with E-state index in [0.29, 0.717) is 0 Å². The van der Waals surface area contributed by atoms with Crippen LogP contribution in [0, 0.1) is 0 Å². The van der Waals surface area contributed by atoms with Crippen LogP contribution in [0.1, 0.15) is 47.2 Å². The molecule has 0 amide bonds. The molecular formula is C29H28BrNO. The second-order valence-corrected chi connectivity index (χ2v) is 9.05.